The second-order valence-corrected chi connectivity index (χ2v) is 8.12. The predicted octanol–water partition coefficient (Wildman–Crippen LogP) is 4.80. The lowest BCUT2D eigenvalue weighted by Crippen LogP contribution is -2.29. The number of aromatic amines is 1. The van der Waals surface area contributed by atoms with E-state index in [1.165, 1.54) is 12.7 Å². The summed E-state index contributed by atoms with van der Waals surface area (Å²) in [6.07, 6.45) is 5.43. The second-order valence-electron chi connectivity index (χ2n) is 7.71. The molecule has 2 aromatic carbocycles. The molecule has 1 fully saturated rings. The van der Waals surface area contributed by atoms with E-state index >= 15 is 0 Å². The van der Waals surface area contributed by atoms with Gasteiger partial charge in [0, 0.05) is 30.4 Å². The van der Waals surface area contributed by atoms with Crippen molar-refractivity contribution in [2.75, 3.05) is 18.4 Å². The summed E-state index contributed by atoms with van der Waals surface area (Å²) >= 11 is 6.48. The fourth-order valence-electron chi connectivity index (χ4n) is 3.94. The molecule has 32 heavy (non-hydrogen) atoms. The number of anilines is 1. The van der Waals surface area contributed by atoms with Gasteiger partial charge in [-0.3, -0.25) is 4.79 Å². The molecular formula is C24H22ClN5O2. The summed E-state index contributed by atoms with van der Waals surface area (Å²) in [6.45, 7) is 1.76. The van der Waals surface area contributed by atoms with Crippen LogP contribution in [0.5, 0.6) is 11.5 Å². The van der Waals surface area contributed by atoms with Crippen molar-refractivity contribution >= 4 is 34.2 Å². The van der Waals surface area contributed by atoms with Crippen LogP contribution in [-0.4, -0.2) is 39.9 Å². The average molecular weight is 448 g/mol. The topological polar surface area (TPSA) is 91.9 Å². The Morgan fingerprint density at radius 3 is 2.78 bits per heavy atom. The molecule has 1 saturated heterocycles. The molecule has 4 aromatic rings. The number of hydrogen-bond donors (Lipinski definition) is 3. The standard InChI is InChI=1S/C24H22ClN5O2/c25-20-11-17(32-16-6-2-1-3-7-16)8-9-18(20)22(31)19-13-28-24-21(19)23(29-14-30-24)27-12-15-5-4-10-26-15/h1-3,6-9,11,13-15,26H,4-5,10,12H2,(H2,27,28,29,30). The third-order valence-corrected chi connectivity index (χ3v) is 5.87. The minimum absolute atomic E-state index is 0.204. The molecule has 5 rings (SSSR count). The Morgan fingerprint density at radius 2 is 2.00 bits per heavy atom. The molecule has 0 aliphatic carbocycles. The van der Waals surface area contributed by atoms with E-state index in [9.17, 15) is 4.79 Å². The predicted molar refractivity (Wildman–Crippen MR) is 125 cm³/mol. The molecule has 1 atom stereocenters. The maximum absolute atomic E-state index is 13.4. The van der Waals surface area contributed by atoms with E-state index in [2.05, 4.69) is 25.6 Å². The molecule has 1 aliphatic heterocycles. The van der Waals surface area contributed by atoms with Crippen LogP contribution in [-0.2, 0) is 0 Å². The van der Waals surface area contributed by atoms with Gasteiger partial charge in [-0.2, -0.15) is 0 Å². The molecule has 8 heteroatoms. The second kappa shape index (κ2) is 8.98. The van der Waals surface area contributed by atoms with Crippen molar-refractivity contribution in [1.82, 2.24) is 20.3 Å². The molecule has 3 heterocycles. The average Bonchev–Trinajstić information content (AvgIpc) is 3.48. The number of benzene rings is 2. The first-order valence-electron chi connectivity index (χ1n) is 10.6. The highest BCUT2D eigenvalue weighted by Gasteiger charge is 2.22. The van der Waals surface area contributed by atoms with E-state index < -0.39 is 0 Å². The van der Waals surface area contributed by atoms with Gasteiger partial charge in [0.1, 0.15) is 29.3 Å². The van der Waals surface area contributed by atoms with E-state index in [1.807, 2.05) is 30.3 Å². The van der Waals surface area contributed by atoms with Crippen molar-refractivity contribution in [1.29, 1.82) is 0 Å². The molecule has 1 unspecified atom stereocenters. The lowest BCUT2D eigenvalue weighted by Gasteiger charge is -2.13. The summed E-state index contributed by atoms with van der Waals surface area (Å²) in [7, 11) is 0. The van der Waals surface area contributed by atoms with Crippen LogP contribution in [0.2, 0.25) is 5.02 Å². The molecule has 1 aliphatic rings. The first kappa shape index (κ1) is 20.5. The van der Waals surface area contributed by atoms with Crippen LogP contribution in [0, 0.1) is 0 Å². The van der Waals surface area contributed by atoms with Crippen LogP contribution in [0.25, 0.3) is 11.0 Å². The first-order chi connectivity index (χ1) is 15.7. The fraction of sp³-hybridized carbons (Fsp3) is 0.208. The van der Waals surface area contributed by atoms with Crippen LogP contribution < -0.4 is 15.4 Å². The fourth-order valence-corrected chi connectivity index (χ4v) is 4.20. The Kier molecular flexibility index (Phi) is 5.75. The summed E-state index contributed by atoms with van der Waals surface area (Å²) in [6, 6.07) is 14.9. The molecule has 0 radical (unpaired) electrons. The number of nitrogens with one attached hydrogen (secondary N) is 3. The Morgan fingerprint density at radius 1 is 1.12 bits per heavy atom. The minimum atomic E-state index is -0.204. The third kappa shape index (κ3) is 4.17. The maximum atomic E-state index is 13.4. The van der Waals surface area contributed by atoms with Gasteiger partial charge >= 0.3 is 0 Å². The molecule has 0 amide bonds. The molecule has 0 bridgehead atoms. The number of hydrogen-bond acceptors (Lipinski definition) is 6. The lowest BCUT2D eigenvalue weighted by atomic mass is 10.0. The van der Waals surface area contributed by atoms with E-state index in [-0.39, 0.29) is 5.78 Å². The highest BCUT2D eigenvalue weighted by Crippen LogP contribution is 2.31. The van der Waals surface area contributed by atoms with Gasteiger partial charge in [-0.1, -0.05) is 29.8 Å². The van der Waals surface area contributed by atoms with Crippen molar-refractivity contribution in [3.63, 3.8) is 0 Å². The van der Waals surface area contributed by atoms with Crippen LogP contribution in [0.15, 0.2) is 61.1 Å². The van der Waals surface area contributed by atoms with Crippen LogP contribution in [0.4, 0.5) is 5.82 Å². The number of rotatable bonds is 7. The van der Waals surface area contributed by atoms with Crippen molar-refractivity contribution in [3.8, 4) is 11.5 Å². The van der Waals surface area contributed by atoms with Gasteiger partial charge in [0.15, 0.2) is 5.78 Å². The number of nitrogens with zero attached hydrogens (tertiary/aromatic N) is 2. The number of H-pyrrole nitrogens is 1. The largest absolute Gasteiger partial charge is 0.457 e. The normalized spacial score (nSPS) is 15.7. The third-order valence-electron chi connectivity index (χ3n) is 5.56. The van der Waals surface area contributed by atoms with Crippen LogP contribution in [0.1, 0.15) is 28.8 Å². The van der Waals surface area contributed by atoms with Crippen molar-refractivity contribution in [3.05, 3.63) is 77.2 Å². The van der Waals surface area contributed by atoms with E-state index in [4.69, 9.17) is 16.3 Å². The summed E-state index contributed by atoms with van der Waals surface area (Å²) in [5.41, 5.74) is 1.46. The molecule has 7 nitrogen and oxygen atoms in total. The van der Waals surface area contributed by atoms with Gasteiger partial charge in [-0.25, -0.2) is 9.97 Å². The zero-order chi connectivity index (χ0) is 21.9. The van der Waals surface area contributed by atoms with E-state index in [0.717, 1.165) is 19.5 Å². The Balaban J connectivity index is 1.41. The molecule has 0 spiro atoms. The molecule has 3 N–H and O–H groups in total. The zero-order valence-corrected chi connectivity index (χ0v) is 18.0. The highest BCUT2D eigenvalue weighted by atomic mass is 35.5. The number of carbonyl (C=O) groups excluding carboxylic acids is 1. The summed E-state index contributed by atoms with van der Waals surface area (Å²) in [5.74, 6) is 1.69. The van der Waals surface area contributed by atoms with Gasteiger partial charge in [-0.15, -0.1) is 0 Å². The highest BCUT2D eigenvalue weighted by molar-refractivity contribution is 6.35. The molecular weight excluding hydrogens is 426 g/mol. The quantitative estimate of drug-likeness (QED) is 0.352. The van der Waals surface area contributed by atoms with Gasteiger partial charge in [0.05, 0.1) is 16.0 Å². The smallest absolute Gasteiger partial charge is 0.196 e. The number of carbonyl (C=O) groups is 1. The summed E-state index contributed by atoms with van der Waals surface area (Å²) < 4.78 is 5.82. The van der Waals surface area contributed by atoms with Crippen molar-refractivity contribution < 1.29 is 9.53 Å². The van der Waals surface area contributed by atoms with Crippen LogP contribution >= 0.6 is 11.6 Å². The monoisotopic (exact) mass is 447 g/mol. The summed E-state index contributed by atoms with van der Waals surface area (Å²) in [5, 5.41) is 7.81. The van der Waals surface area contributed by atoms with Crippen LogP contribution in [0.3, 0.4) is 0 Å². The maximum Gasteiger partial charge on any atom is 0.196 e. The molecule has 0 saturated carbocycles. The Bertz CT molecular complexity index is 1250. The number of halogens is 1. The van der Waals surface area contributed by atoms with E-state index in [0.29, 0.717) is 50.5 Å². The number of ketones is 1. The molecule has 162 valence electrons. The van der Waals surface area contributed by atoms with Gasteiger partial charge < -0.3 is 20.4 Å². The number of para-hydroxylation sites is 1. The number of fused-ring (bicyclic) bond motifs is 1. The zero-order valence-electron chi connectivity index (χ0n) is 17.3. The molecule has 2 aromatic heterocycles. The first-order valence-corrected chi connectivity index (χ1v) is 10.9. The SMILES string of the molecule is O=C(c1ccc(Oc2ccccc2)cc1Cl)c1c[nH]c2ncnc(NCC3CCCN3)c12. The van der Waals surface area contributed by atoms with Crippen molar-refractivity contribution in [2.24, 2.45) is 0 Å². The Hall–Kier alpha value is -3.42. The van der Waals surface area contributed by atoms with E-state index in [1.54, 1.807) is 24.4 Å². The van der Waals surface area contributed by atoms with Gasteiger partial charge in [0.25, 0.3) is 0 Å². The van der Waals surface area contributed by atoms with Gasteiger partial charge in [0.2, 0.25) is 0 Å². The minimum Gasteiger partial charge on any atom is -0.457 e. The Labute approximate surface area is 190 Å². The number of ether oxygens (including phenoxy) is 1. The summed E-state index contributed by atoms with van der Waals surface area (Å²) in [4.78, 5) is 25.1. The van der Waals surface area contributed by atoms with Crippen molar-refractivity contribution in [2.45, 2.75) is 18.9 Å². The van der Waals surface area contributed by atoms with Gasteiger partial charge in [-0.05, 0) is 43.7 Å². The number of aromatic nitrogens is 3. The lowest BCUT2D eigenvalue weighted by molar-refractivity contribution is 0.104.